The van der Waals surface area contributed by atoms with E-state index < -0.39 is 21.7 Å². The molecular formula is C18H18ClFN2O3S. The quantitative estimate of drug-likeness (QED) is 0.844. The fourth-order valence-electron chi connectivity index (χ4n) is 2.84. The van der Waals surface area contributed by atoms with Crippen LogP contribution in [0.5, 0.6) is 0 Å². The average molecular weight is 397 g/mol. The standard InChI is InChI=1S/C18H18ClFN2O3S/c19-15-4-3-5-16(20)17(15)18(23)21-12-13-6-8-14(9-7-13)26(24,25)22-10-1-2-11-22/h3-9H,1-2,10-12H2,(H,21,23). The van der Waals surface area contributed by atoms with Crippen LogP contribution in [-0.2, 0) is 16.6 Å². The van der Waals surface area contributed by atoms with Gasteiger partial charge in [-0.1, -0.05) is 29.8 Å². The summed E-state index contributed by atoms with van der Waals surface area (Å²) in [6.07, 6.45) is 1.75. The second kappa shape index (κ2) is 7.73. The molecule has 0 unspecified atom stereocenters. The van der Waals surface area contributed by atoms with Gasteiger partial charge in [0.1, 0.15) is 5.82 Å². The van der Waals surface area contributed by atoms with Gasteiger partial charge in [0.15, 0.2) is 0 Å². The van der Waals surface area contributed by atoms with E-state index in [2.05, 4.69) is 5.32 Å². The van der Waals surface area contributed by atoms with Crippen LogP contribution in [0.2, 0.25) is 5.02 Å². The number of rotatable bonds is 5. The number of sulfonamides is 1. The molecule has 138 valence electrons. The highest BCUT2D eigenvalue weighted by Crippen LogP contribution is 2.21. The topological polar surface area (TPSA) is 66.5 Å². The molecule has 0 atom stereocenters. The molecule has 0 bridgehead atoms. The molecule has 26 heavy (non-hydrogen) atoms. The van der Waals surface area contributed by atoms with Crippen molar-refractivity contribution in [3.05, 3.63) is 64.4 Å². The first-order valence-electron chi connectivity index (χ1n) is 8.21. The van der Waals surface area contributed by atoms with Crippen LogP contribution < -0.4 is 5.32 Å². The van der Waals surface area contributed by atoms with Gasteiger partial charge in [0.05, 0.1) is 15.5 Å². The van der Waals surface area contributed by atoms with Gasteiger partial charge in [-0.2, -0.15) is 4.31 Å². The Kier molecular flexibility index (Phi) is 5.60. The van der Waals surface area contributed by atoms with E-state index in [4.69, 9.17) is 11.6 Å². The van der Waals surface area contributed by atoms with Gasteiger partial charge in [0.25, 0.3) is 5.91 Å². The van der Waals surface area contributed by atoms with Crippen molar-refractivity contribution in [1.29, 1.82) is 0 Å². The largest absolute Gasteiger partial charge is 0.348 e. The van der Waals surface area contributed by atoms with Crippen molar-refractivity contribution in [3.63, 3.8) is 0 Å². The lowest BCUT2D eigenvalue weighted by atomic mass is 10.2. The molecule has 0 aliphatic carbocycles. The molecule has 8 heteroatoms. The Hall–Kier alpha value is -1.96. The zero-order valence-electron chi connectivity index (χ0n) is 13.9. The fourth-order valence-corrected chi connectivity index (χ4v) is 4.61. The van der Waals surface area contributed by atoms with Crippen LogP contribution in [0.3, 0.4) is 0 Å². The number of nitrogens with zero attached hydrogens (tertiary/aromatic N) is 1. The molecule has 1 saturated heterocycles. The molecule has 0 spiro atoms. The molecule has 2 aromatic rings. The molecule has 1 fully saturated rings. The summed E-state index contributed by atoms with van der Waals surface area (Å²) in [5.74, 6) is -1.32. The molecule has 5 nitrogen and oxygen atoms in total. The van der Waals surface area contributed by atoms with Crippen molar-refractivity contribution in [1.82, 2.24) is 9.62 Å². The van der Waals surface area contributed by atoms with Crippen LogP contribution in [0.25, 0.3) is 0 Å². The lowest BCUT2D eigenvalue weighted by molar-refractivity contribution is 0.0947. The van der Waals surface area contributed by atoms with Crippen molar-refractivity contribution in [2.45, 2.75) is 24.3 Å². The van der Waals surface area contributed by atoms with E-state index >= 15 is 0 Å². The van der Waals surface area contributed by atoms with Crippen molar-refractivity contribution in [3.8, 4) is 0 Å². The number of nitrogens with one attached hydrogen (secondary N) is 1. The van der Waals surface area contributed by atoms with Crippen LogP contribution in [-0.4, -0.2) is 31.7 Å². The second-order valence-electron chi connectivity index (χ2n) is 6.03. The van der Waals surface area contributed by atoms with Crippen LogP contribution in [0.15, 0.2) is 47.4 Å². The molecule has 3 rings (SSSR count). The number of carbonyl (C=O) groups is 1. The maximum atomic E-state index is 13.7. The zero-order valence-corrected chi connectivity index (χ0v) is 15.5. The minimum atomic E-state index is -3.46. The van der Waals surface area contributed by atoms with Crippen LogP contribution in [0.1, 0.15) is 28.8 Å². The first kappa shape index (κ1) is 18.8. The maximum Gasteiger partial charge on any atom is 0.256 e. The van der Waals surface area contributed by atoms with Crippen LogP contribution in [0.4, 0.5) is 4.39 Å². The number of benzene rings is 2. The molecule has 2 aromatic carbocycles. The van der Waals surface area contributed by atoms with Gasteiger partial charge in [-0.05, 0) is 42.7 Å². The first-order valence-corrected chi connectivity index (χ1v) is 10.0. The van der Waals surface area contributed by atoms with Crippen LogP contribution >= 0.6 is 11.6 Å². The molecule has 1 aliphatic rings. The van der Waals surface area contributed by atoms with Gasteiger partial charge in [0.2, 0.25) is 10.0 Å². The molecular weight excluding hydrogens is 379 g/mol. The Morgan fingerprint density at radius 3 is 2.38 bits per heavy atom. The van der Waals surface area contributed by atoms with Crippen molar-refractivity contribution in [2.75, 3.05) is 13.1 Å². The normalized spacial score (nSPS) is 15.2. The van der Waals surface area contributed by atoms with E-state index in [0.29, 0.717) is 18.7 Å². The Morgan fingerprint density at radius 2 is 1.77 bits per heavy atom. The van der Waals surface area contributed by atoms with Gasteiger partial charge >= 0.3 is 0 Å². The molecule has 1 heterocycles. The van der Waals surface area contributed by atoms with E-state index in [1.165, 1.54) is 34.6 Å². The number of halogens is 2. The molecule has 0 aromatic heterocycles. The second-order valence-corrected chi connectivity index (χ2v) is 8.38. The van der Waals surface area contributed by atoms with E-state index in [-0.39, 0.29) is 22.0 Å². The lowest BCUT2D eigenvalue weighted by Gasteiger charge is -2.15. The summed E-state index contributed by atoms with van der Waals surface area (Å²) in [4.78, 5) is 12.4. The highest BCUT2D eigenvalue weighted by atomic mass is 35.5. The summed E-state index contributed by atoms with van der Waals surface area (Å²) in [7, 11) is -3.46. The van der Waals surface area contributed by atoms with E-state index in [9.17, 15) is 17.6 Å². The van der Waals surface area contributed by atoms with Crippen molar-refractivity contribution in [2.24, 2.45) is 0 Å². The molecule has 1 amide bonds. The lowest BCUT2D eigenvalue weighted by Crippen LogP contribution is -2.28. The Labute approximate surface area is 156 Å². The smallest absolute Gasteiger partial charge is 0.256 e. The molecule has 0 saturated carbocycles. The van der Waals surface area contributed by atoms with Gasteiger partial charge in [-0.25, -0.2) is 12.8 Å². The SMILES string of the molecule is O=C(NCc1ccc(S(=O)(=O)N2CCCC2)cc1)c1c(F)cccc1Cl. The fraction of sp³-hybridized carbons (Fsp3) is 0.278. The molecule has 0 radical (unpaired) electrons. The highest BCUT2D eigenvalue weighted by Gasteiger charge is 2.26. The monoisotopic (exact) mass is 396 g/mol. The third-order valence-corrected chi connectivity index (χ3v) is 6.50. The van der Waals surface area contributed by atoms with E-state index in [1.807, 2.05) is 0 Å². The molecule has 1 N–H and O–H groups in total. The number of carbonyl (C=O) groups excluding carboxylic acids is 1. The predicted octanol–water partition coefficient (Wildman–Crippen LogP) is 3.19. The van der Waals surface area contributed by atoms with Gasteiger partial charge in [-0.15, -0.1) is 0 Å². The van der Waals surface area contributed by atoms with E-state index in [0.717, 1.165) is 12.8 Å². The number of amides is 1. The summed E-state index contributed by atoms with van der Waals surface area (Å²) in [5, 5.41) is 2.62. The number of hydrogen-bond acceptors (Lipinski definition) is 3. The van der Waals surface area contributed by atoms with E-state index in [1.54, 1.807) is 12.1 Å². The van der Waals surface area contributed by atoms with Crippen molar-refractivity contribution < 1.29 is 17.6 Å². The average Bonchev–Trinajstić information content (AvgIpc) is 3.16. The third-order valence-electron chi connectivity index (χ3n) is 4.27. The Balaban J connectivity index is 1.67. The summed E-state index contributed by atoms with van der Waals surface area (Å²) in [6, 6.07) is 10.3. The summed E-state index contributed by atoms with van der Waals surface area (Å²) in [6.45, 7) is 1.22. The summed E-state index contributed by atoms with van der Waals surface area (Å²) < 4.78 is 40.2. The number of hydrogen-bond donors (Lipinski definition) is 1. The highest BCUT2D eigenvalue weighted by molar-refractivity contribution is 7.89. The maximum absolute atomic E-state index is 13.7. The van der Waals surface area contributed by atoms with Crippen LogP contribution in [0, 0.1) is 5.82 Å². The van der Waals surface area contributed by atoms with Crippen molar-refractivity contribution >= 4 is 27.5 Å². The third kappa shape index (κ3) is 3.90. The van der Waals surface area contributed by atoms with Gasteiger partial charge < -0.3 is 5.32 Å². The summed E-state index contributed by atoms with van der Waals surface area (Å²) in [5.41, 5.74) is 0.494. The molecule has 1 aliphatic heterocycles. The Bertz CT molecular complexity index is 890. The van der Waals surface area contributed by atoms with Gasteiger partial charge in [-0.3, -0.25) is 4.79 Å². The first-order chi connectivity index (χ1) is 12.4. The minimum Gasteiger partial charge on any atom is -0.348 e. The Morgan fingerprint density at radius 1 is 1.12 bits per heavy atom. The van der Waals surface area contributed by atoms with Gasteiger partial charge in [0, 0.05) is 19.6 Å². The zero-order chi connectivity index (χ0) is 18.7. The minimum absolute atomic E-state index is 0.0366. The predicted molar refractivity (Wildman–Crippen MR) is 97.0 cm³/mol. The summed E-state index contributed by atoms with van der Waals surface area (Å²) >= 11 is 5.87.